The van der Waals surface area contributed by atoms with E-state index < -0.39 is 0 Å². The summed E-state index contributed by atoms with van der Waals surface area (Å²) in [5.74, 6) is 0.783. The number of rotatable bonds is 2. The number of aromatic hydroxyl groups is 1. The second kappa shape index (κ2) is 3.45. The van der Waals surface area contributed by atoms with Crippen LogP contribution in [0, 0.1) is 11.8 Å². The van der Waals surface area contributed by atoms with Crippen LogP contribution in [0.25, 0.3) is 0 Å². The van der Waals surface area contributed by atoms with Gasteiger partial charge in [0, 0.05) is 25.3 Å². The van der Waals surface area contributed by atoms with Crippen LogP contribution >= 0.6 is 0 Å². The molecule has 1 aliphatic heterocycles. The van der Waals surface area contributed by atoms with Crippen molar-refractivity contribution in [2.45, 2.75) is 6.04 Å². The third-order valence-corrected chi connectivity index (χ3v) is 3.39. The van der Waals surface area contributed by atoms with E-state index in [1.54, 1.807) is 6.07 Å². The van der Waals surface area contributed by atoms with Gasteiger partial charge in [0.1, 0.15) is 5.75 Å². The van der Waals surface area contributed by atoms with Gasteiger partial charge in [-0.25, -0.2) is 4.98 Å². The van der Waals surface area contributed by atoms with Gasteiger partial charge in [-0.3, -0.25) is 4.79 Å². The Kier molecular flexibility index (Phi) is 2.07. The van der Waals surface area contributed by atoms with E-state index in [0.717, 1.165) is 13.1 Å². The van der Waals surface area contributed by atoms with Gasteiger partial charge in [-0.05, 0) is 24.0 Å². The molecule has 0 aromatic carbocycles. The molecule has 84 valence electrons. The molecule has 0 spiro atoms. The first-order valence-electron chi connectivity index (χ1n) is 5.43. The molecular weight excluding hydrogens is 206 g/mol. The minimum atomic E-state index is -0.280. The standard InChI is InChI=1S/C11H13N3O2/c15-8-2-1-3-13-10(8)11(16)14-9-6-4-12-5-7(6)9/h1-3,6-7,9,12,15H,4-5H2,(H,14,16). The fourth-order valence-corrected chi connectivity index (χ4v) is 2.42. The van der Waals surface area contributed by atoms with Crippen LogP contribution < -0.4 is 10.6 Å². The third kappa shape index (κ3) is 1.44. The largest absolute Gasteiger partial charge is 0.505 e. The monoisotopic (exact) mass is 219 g/mol. The van der Waals surface area contributed by atoms with Crippen molar-refractivity contribution >= 4 is 5.91 Å². The molecule has 2 atom stereocenters. The van der Waals surface area contributed by atoms with Crippen molar-refractivity contribution in [1.29, 1.82) is 0 Å². The first kappa shape index (κ1) is 9.59. The van der Waals surface area contributed by atoms with Crippen molar-refractivity contribution in [2.75, 3.05) is 13.1 Å². The zero-order valence-corrected chi connectivity index (χ0v) is 8.68. The molecule has 1 aromatic heterocycles. The second-order valence-corrected chi connectivity index (χ2v) is 4.36. The average Bonchev–Trinajstić information content (AvgIpc) is 2.75. The molecule has 0 bridgehead atoms. The van der Waals surface area contributed by atoms with Gasteiger partial charge in [0.2, 0.25) is 0 Å². The number of hydrogen-bond acceptors (Lipinski definition) is 4. The molecule has 1 aliphatic carbocycles. The predicted molar refractivity (Wildman–Crippen MR) is 57.0 cm³/mol. The normalized spacial score (nSPS) is 30.9. The minimum Gasteiger partial charge on any atom is -0.505 e. The molecule has 1 amide bonds. The van der Waals surface area contributed by atoms with Crippen molar-refractivity contribution in [3.8, 4) is 5.75 Å². The topological polar surface area (TPSA) is 74.2 Å². The molecule has 3 rings (SSSR count). The number of amides is 1. The van der Waals surface area contributed by atoms with Crippen LogP contribution in [0.4, 0.5) is 0 Å². The summed E-state index contributed by atoms with van der Waals surface area (Å²) in [5, 5.41) is 15.7. The molecule has 3 N–H and O–H groups in total. The molecule has 1 aromatic rings. The first-order chi connectivity index (χ1) is 7.77. The SMILES string of the molecule is O=C(NC1C2CNCC21)c1ncccc1O. The van der Waals surface area contributed by atoms with Crippen LogP contribution in [-0.4, -0.2) is 35.1 Å². The molecule has 1 saturated heterocycles. The van der Waals surface area contributed by atoms with Gasteiger partial charge >= 0.3 is 0 Å². The van der Waals surface area contributed by atoms with Crippen molar-refractivity contribution in [2.24, 2.45) is 11.8 Å². The number of carbonyl (C=O) groups excluding carboxylic acids is 1. The number of pyridine rings is 1. The Hall–Kier alpha value is -1.62. The van der Waals surface area contributed by atoms with Crippen molar-refractivity contribution in [1.82, 2.24) is 15.6 Å². The van der Waals surface area contributed by atoms with E-state index >= 15 is 0 Å². The molecule has 2 heterocycles. The molecule has 0 radical (unpaired) electrons. The van der Waals surface area contributed by atoms with Crippen LogP contribution in [0.2, 0.25) is 0 Å². The number of nitrogens with one attached hydrogen (secondary N) is 2. The van der Waals surface area contributed by atoms with E-state index in [2.05, 4.69) is 15.6 Å². The smallest absolute Gasteiger partial charge is 0.273 e. The Balaban J connectivity index is 1.68. The maximum absolute atomic E-state index is 11.8. The first-order valence-corrected chi connectivity index (χ1v) is 5.43. The maximum Gasteiger partial charge on any atom is 0.273 e. The highest BCUT2D eigenvalue weighted by atomic mass is 16.3. The van der Waals surface area contributed by atoms with Crippen molar-refractivity contribution in [3.05, 3.63) is 24.0 Å². The highest BCUT2D eigenvalue weighted by Gasteiger charge is 2.53. The summed E-state index contributed by atoms with van der Waals surface area (Å²) < 4.78 is 0. The van der Waals surface area contributed by atoms with E-state index in [-0.39, 0.29) is 23.4 Å². The van der Waals surface area contributed by atoms with Crippen LogP contribution in [0.5, 0.6) is 5.75 Å². The summed E-state index contributed by atoms with van der Waals surface area (Å²) in [6.07, 6.45) is 1.50. The number of fused-ring (bicyclic) bond motifs is 1. The molecular formula is C11H13N3O2. The fraction of sp³-hybridized carbons (Fsp3) is 0.455. The molecule has 2 aliphatic rings. The Morgan fingerprint density at radius 1 is 1.50 bits per heavy atom. The number of hydrogen-bond donors (Lipinski definition) is 3. The molecule has 5 nitrogen and oxygen atoms in total. The zero-order valence-electron chi connectivity index (χ0n) is 8.68. The van der Waals surface area contributed by atoms with E-state index in [1.165, 1.54) is 12.3 Å². The van der Waals surface area contributed by atoms with Crippen LogP contribution in [0.3, 0.4) is 0 Å². The molecule has 16 heavy (non-hydrogen) atoms. The van der Waals surface area contributed by atoms with E-state index in [9.17, 15) is 9.90 Å². The Morgan fingerprint density at radius 2 is 2.25 bits per heavy atom. The van der Waals surface area contributed by atoms with E-state index in [1.807, 2.05) is 0 Å². The average molecular weight is 219 g/mol. The van der Waals surface area contributed by atoms with Gasteiger partial charge in [-0.15, -0.1) is 0 Å². The van der Waals surface area contributed by atoms with Gasteiger partial charge in [0.15, 0.2) is 5.69 Å². The summed E-state index contributed by atoms with van der Waals surface area (Å²) in [7, 11) is 0. The van der Waals surface area contributed by atoms with Gasteiger partial charge in [0.05, 0.1) is 0 Å². The fourth-order valence-electron chi connectivity index (χ4n) is 2.42. The van der Waals surface area contributed by atoms with Crippen molar-refractivity contribution in [3.63, 3.8) is 0 Å². The minimum absolute atomic E-state index is 0.0658. The predicted octanol–water partition coefficient (Wildman–Crippen LogP) is -0.265. The number of nitrogens with zero attached hydrogens (tertiary/aromatic N) is 1. The summed E-state index contributed by atoms with van der Waals surface area (Å²) in [4.78, 5) is 15.7. The molecule has 5 heteroatoms. The van der Waals surface area contributed by atoms with Crippen LogP contribution in [-0.2, 0) is 0 Å². The number of aromatic nitrogens is 1. The summed E-state index contributed by atoms with van der Waals surface area (Å²) >= 11 is 0. The number of piperidine rings is 1. The molecule has 2 unspecified atom stereocenters. The maximum atomic E-state index is 11.8. The van der Waals surface area contributed by atoms with Gasteiger partial charge in [-0.1, -0.05) is 0 Å². The van der Waals surface area contributed by atoms with E-state index in [4.69, 9.17) is 0 Å². The van der Waals surface area contributed by atoms with Gasteiger partial charge in [0.25, 0.3) is 5.91 Å². The van der Waals surface area contributed by atoms with E-state index in [0.29, 0.717) is 11.8 Å². The lowest BCUT2D eigenvalue weighted by atomic mass is 10.3. The lowest BCUT2D eigenvalue weighted by molar-refractivity contribution is 0.0938. The lowest BCUT2D eigenvalue weighted by Gasteiger charge is -2.07. The third-order valence-electron chi connectivity index (χ3n) is 3.39. The van der Waals surface area contributed by atoms with Crippen LogP contribution in [0.1, 0.15) is 10.5 Å². The zero-order chi connectivity index (χ0) is 11.1. The highest BCUT2D eigenvalue weighted by molar-refractivity contribution is 5.95. The van der Waals surface area contributed by atoms with Gasteiger partial charge in [-0.2, -0.15) is 0 Å². The van der Waals surface area contributed by atoms with Crippen molar-refractivity contribution < 1.29 is 9.90 Å². The Bertz CT molecular complexity index is 425. The Morgan fingerprint density at radius 3 is 2.94 bits per heavy atom. The lowest BCUT2D eigenvalue weighted by Crippen LogP contribution is -2.32. The molecule has 1 saturated carbocycles. The summed E-state index contributed by atoms with van der Waals surface area (Å²) in [6, 6.07) is 3.33. The quantitative estimate of drug-likeness (QED) is 0.640. The summed E-state index contributed by atoms with van der Waals surface area (Å²) in [5.41, 5.74) is 0.112. The number of carbonyl (C=O) groups is 1. The Labute approximate surface area is 92.9 Å². The second-order valence-electron chi connectivity index (χ2n) is 4.36. The van der Waals surface area contributed by atoms with Gasteiger partial charge < -0.3 is 15.7 Å². The highest BCUT2D eigenvalue weighted by Crippen LogP contribution is 2.41. The molecule has 2 fully saturated rings. The van der Waals surface area contributed by atoms with Crippen LogP contribution in [0.15, 0.2) is 18.3 Å². The summed E-state index contributed by atoms with van der Waals surface area (Å²) in [6.45, 7) is 1.95.